The van der Waals surface area contributed by atoms with E-state index in [1.54, 1.807) is 6.20 Å². The van der Waals surface area contributed by atoms with Gasteiger partial charge in [-0.25, -0.2) is 9.78 Å². The first kappa shape index (κ1) is 22.4. The number of carbonyl (C=O) groups is 1. The Bertz CT molecular complexity index is 907. The number of pyridine rings is 1. The summed E-state index contributed by atoms with van der Waals surface area (Å²) >= 11 is 0. The third kappa shape index (κ3) is 5.49. The Balaban J connectivity index is 1.33. The minimum absolute atomic E-state index is 0.217. The number of piperazine rings is 1. The molecule has 2 saturated heterocycles. The number of benzene rings is 1. The average molecular weight is 439 g/mol. The lowest BCUT2D eigenvalue weighted by Gasteiger charge is -2.36. The van der Waals surface area contributed by atoms with Crippen LogP contribution in [0.3, 0.4) is 0 Å². The Morgan fingerprint density at radius 2 is 1.84 bits per heavy atom. The van der Waals surface area contributed by atoms with Gasteiger partial charge in [0.1, 0.15) is 5.82 Å². The van der Waals surface area contributed by atoms with Crippen LogP contribution >= 0.6 is 0 Å². The number of nitrogens with zero attached hydrogens (tertiary/aromatic N) is 4. The molecule has 2 N–H and O–H groups in total. The van der Waals surface area contributed by atoms with E-state index in [-0.39, 0.29) is 6.03 Å². The molecular weight excluding hydrogens is 404 g/mol. The number of likely N-dealkylation sites (N-methyl/N-ethyl adjacent to an activating group) is 1. The number of morpholine rings is 1. The SMILES string of the molecule is CCN1CCN(c2ccc(NC(=O)NCc3cccnc3N3CCOCC3)cc2C)CC1. The summed E-state index contributed by atoms with van der Waals surface area (Å²) in [6.45, 7) is 13.2. The number of anilines is 3. The minimum atomic E-state index is -0.217. The molecule has 4 rings (SSSR count). The highest BCUT2D eigenvalue weighted by Gasteiger charge is 2.18. The van der Waals surface area contributed by atoms with Crippen LogP contribution in [0.4, 0.5) is 22.0 Å². The quantitative estimate of drug-likeness (QED) is 0.723. The standard InChI is InChI=1S/C24H34N6O2/c1-3-28-9-11-29(12-10-28)22-7-6-21(17-19(22)2)27-24(31)26-18-20-5-4-8-25-23(20)30-13-15-32-16-14-30/h4-8,17H,3,9-16,18H2,1-2H3,(H2,26,27,31). The van der Waals surface area contributed by atoms with Crippen LogP contribution in [0.2, 0.25) is 0 Å². The van der Waals surface area contributed by atoms with Gasteiger partial charge in [-0.2, -0.15) is 0 Å². The molecule has 2 fully saturated rings. The van der Waals surface area contributed by atoms with Gasteiger partial charge in [-0.3, -0.25) is 0 Å². The number of urea groups is 1. The maximum Gasteiger partial charge on any atom is 0.319 e. The highest BCUT2D eigenvalue weighted by molar-refractivity contribution is 5.89. The monoisotopic (exact) mass is 438 g/mol. The molecule has 172 valence electrons. The van der Waals surface area contributed by atoms with Crippen LogP contribution in [-0.4, -0.2) is 74.9 Å². The summed E-state index contributed by atoms with van der Waals surface area (Å²) in [5.74, 6) is 0.916. The third-order valence-corrected chi connectivity index (χ3v) is 6.23. The van der Waals surface area contributed by atoms with Gasteiger partial charge < -0.3 is 30.1 Å². The van der Waals surface area contributed by atoms with Gasteiger partial charge in [0.2, 0.25) is 0 Å². The van der Waals surface area contributed by atoms with Crippen molar-refractivity contribution in [3.8, 4) is 0 Å². The molecule has 2 amide bonds. The van der Waals surface area contributed by atoms with Crippen LogP contribution in [-0.2, 0) is 11.3 Å². The third-order valence-electron chi connectivity index (χ3n) is 6.23. The van der Waals surface area contributed by atoms with Crippen LogP contribution in [0.5, 0.6) is 0 Å². The lowest BCUT2D eigenvalue weighted by Crippen LogP contribution is -2.46. The van der Waals surface area contributed by atoms with Gasteiger partial charge >= 0.3 is 6.03 Å². The molecule has 1 aromatic heterocycles. The zero-order chi connectivity index (χ0) is 22.3. The highest BCUT2D eigenvalue weighted by atomic mass is 16.5. The van der Waals surface area contributed by atoms with E-state index in [4.69, 9.17) is 4.74 Å². The zero-order valence-electron chi connectivity index (χ0n) is 19.1. The molecule has 0 unspecified atom stereocenters. The second-order valence-electron chi connectivity index (χ2n) is 8.32. The molecule has 1 aromatic carbocycles. The van der Waals surface area contributed by atoms with E-state index in [0.29, 0.717) is 19.8 Å². The molecular formula is C24H34N6O2. The average Bonchev–Trinajstić information content (AvgIpc) is 2.84. The van der Waals surface area contributed by atoms with Crippen molar-refractivity contribution in [1.82, 2.24) is 15.2 Å². The van der Waals surface area contributed by atoms with E-state index >= 15 is 0 Å². The smallest absolute Gasteiger partial charge is 0.319 e. The number of aryl methyl sites for hydroxylation is 1. The first-order chi connectivity index (χ1) is 15.6. The van der Waals surface area contributed by atoms with Crippen molar-refractivity contribution in [1.29, 1.82) is 0 Å². The van der Waals surface area contributed by atoms with E-state index < -0.39 is 0 Å². The predicted octanol–water partition coefficient (Wildman–Crippen LogP) is 2.69. The van der Waals surface area contributed by atoms with Crippen LogP contribution in [0.1, 0.15) is 18.1 Å². The van der Waals surface area contributed by atoms with Crippen molar-refractivity contribution in [3.63, 3.8) is 0 Å². The Morgan fingerprint density at radius 3 is 2.56 bits per heavy atom. The fourth-order valence-electron chi connectivity index (χ4n) is 4.37. The van der Waals surface area contributed by atoms with Gasteiger partial charge in [0.15, 0.2) is 0 Å². The highest BCUT2D eigenvalue weighted by Crippen LogP contribution is 2.25. The Kier molecular flexibility index (Phi) is 7.44. The Labute approximate surface area is 190 Å². The van der Waals surface area contributed by atoms with Crippen molar-refractivity contribution in [3.05, 3.63) is 47.7 Å². The molecule has 32 heavy (non-hydrogen) atoms. The first-order valence-corrected chi connectivity index (χ1v) is 11.5. The lowest BCUT2D eigenvalue weighted by molar-refractivity contribution is 0.122. The lowest BCUT2D eigenvalue weighted by atomic mass is 10.1. The van der Waals surface area contributed by atoms with Crippen molar-refractivity contribution in [2.24, 2.45) is 0 Å². The van der Waals surface area contributed by atoms with Gasteiger partial charge in [-0.15, -0.1) is 0 Å². The molecule has 0 radical (unpaired) electrons. The molecule has 2 aliphatic rings. The second kappa shape index (κ2) is 10.7. The molecule has 2 aromatic rings. The fourth-order valence-corrected chi connectivity index (χ4v) is 4.37. The summed E-state index contributed by atoms with van der Waals surface area (Å²) in [5, 5.41) is 5.94. The van der Waals surface area contributed by atoms with Crippen LogP contribution in [0.25, 0.3) is 0 Å². The maximum atomic E-state index is 12.5. The Morgan fingerprint density at radius 1 is 1.06 bits per heavy atom. The summed E-state index contributed by atoms with van der Waals surface area (Å²) in [7, 11) is 0. The first-order valence-electron chi connectivity index (χ1n) is 11.5. The zero-order valence-corrected chi connectivity index (χ0v) is 19.1. The van der Waals surface area contributed by atoms with Crippen LogP contribution in [0.15, 0.2) is 36.5 Å². The summed E-state index contributed by atoms with van der Waals surface area (Å²) < 4.78 is 5.44. The number of hydrogen-bond acceptors (Lipinski definition) is 6. The molecule has 0 aliphatic carbocycles. The van der Waals surface area contributed by atoms with E-state index in [0.717, 1.165) is 62.9 Å². The van der Waals surface area contributed by atoms with Gasteiger partial charge in [-0.05, 0) is 43.3 Å². The number of hydrogen-bond donors (Lipinski definition) is 2. The molecule has 2 aliphatic heterocycles. The van der Waals surface area contributed by atoms with E-state index in [2.05, 4.69) is 50.2 Å². The predicted molar refractivity (Wildman–Crippen MR) is 129 cm³/mol. The van der Waals surface area contributed by atoms with Crippen molar-refractivity contribution in [2.75, 3.05) is 74.1 Å². The number of aromatic nitrogens is 1. The maximum absolute atomic E-state index is 12.5. The van der Waals surface area contributed by atoms with Crippen molar-refractivity contribution < 1.29 is 9.53 Å². The second-order valence-corrected chi connectivity index (χ2v) is 8.32. The fraction of sp³-hybridized carbons (Fsp3) is 0.500. The minimum Gasteiger partial charge on any atom is -0.378 e. The van der Waals surface area contributed by atoms with Crippen molar-refractivity contribution >= 4 is 23.2 Å². The molecule has 0 atom stereocenters. The molecule has 8 heteroatoms. The molecule has 8 nitrogen and oxygen atoms in total. The summed E-state index contributed by atoms with van der Waals surface area (Å²) in [6.07, 6.45) is 1.79. The van der Waals surface area contributed by atoms with Crippen LogP contribution in [0, 0.1) is 6.92 Å². The molecule has 0 bridgehead atoms. The number of ether oxygens (including phenoxy) is 1. The largest absolute Gasteiger partial charge is 0.378 e. The van der Waals surface area contributed by atoms with Crippen LogP contribution < -0.4 is 20.4 Å². The van der Waals surface area contributed by atoms with E-state index in [1.807, 2.05) is 24.3 Å². The summed E-state index contributed by atoms with van der Waals surface area (Å²) in [6, 6.07) is 9.84. The van der Waals surface area contributed by atoms with Gasteiger partial charge in [-0.1, -0.05) is 13.0 Å². The summed E-state index contributed by atoms with van der Waals surface area (Å²) in [4.78, 5) is 24.2. The van der Waals surface area contributed by atoms with Crippen molar-refractivity contribution in [2.45, 2.75) is 20.4 Å². The molecule has 0 spiro atoms. The number of amides is 2. The van der Waals surface area contributed by atoms with Gasteiger partial charge in [0.05, 0.1) is 13.2 Å². The number of nitrogens with one attached hydrogen (secondary N) is 2. The Hall–Kier alpha value is -2.84. The molecule has 0 saturated carbocycles. The summed E-state index contributed by atoms with van der Waals surface area (Å²) in [5.41, 5.74) is 4.23. The number of carbonyl (C=O) groups excluding carboxylic acids is 1. The molecule has 3 heterocycles. The van der Waals surface area contributed by atoms with Gasteiger partial charge in [0.25, 0.3) is 0 Å². The number of rotatable bonds is 6. The van der Waals surface area contributed by atoms with E-state index in [9.17, 15) is 4.79 Å². The van der Waals surface area contributed by atoms with Gasteiger partial charge in [0, 0.05) is 68.9 Å². The van der Waals surface area contributed by atoms with E-state index in [1.165, 1.54) is 11.3 Å². The topological polar surface area (TPSA) is 73.0 Å². The normalized spacial score (nSPS) is 17.3.